The molecule has 3 heterocycles. The summed E-state index contributed by atoms with van der Waals surface area (Å²) in [6.07, 6.45) is 3.26. The first-order chi connectivity index (χ1) is 18.4. The standard InChI is InChI=1S/C29H31ClFN5OS/c1-35(2)10-5-11-38-29-33-27-23(28(34-29)36-15-18-8-9-19(16-36)32-18)14-24(30)25(26(27)31)22-13-20(37)12-17-6-3-4-7-21(17)22/h3-4,6-7,12-14,18-19,32,37H,5,8-11,15-16H2,1-2H3/t18-,19+. The number of rotatable bonds is 7. The maximum absolute atomic E-state index is 16.6. The molecular formula is C29H31ClFN5OS. The largest absolute Gasteiger partial charge is 0.508 e. The lowest BCUT2D eigenvalue weighted by atomic mass is 9.96. The van der Waals surface area contributed by atoms with Crippen molar-refractivity contribution in [1.29, 1.82) is 0 Å². The van der Waals surface area contributed by atoms with E-state index < -0.39 is 5.82 Å². The predicted molar refractivity (Wildman–Crippen MR) is 155 cm³/mol. The van der Waals surface area contributed by atoms with E-state index in [0.29, 0.717) is 28.2 Å². The van der Waals surface area contributed by atoms with Crippen molar-refractivity contribution in [3.8, 4) is 16.9 Å². The number of piperazine rings is 1. The minimum atomic E-state index is -0.486. The number of halogens is 2. The Balaban J connectivity index is 1.50. The Bertz CT molecular complexity index is 1500. The van der Waals surface area contributed by atoms with E-state index in [9.17, 15) is 5.11 Å². The van der Waals surface area contributed by atoms with Crippen molar-refractivity contribution in [1.82, 2.24) is 20.2 Å². The number of hydrogen-bond acceptors (Lipinski definition) is 7. The van der Waals surface area contributed by atoms with Gasteiger partial charge in [-0.2, -0.15) is 0 Å². The highest BCUT2D eigenvalue weighted by molar-refractivity contribution is 7.99. The van der Waals surface area contributed by atoms with Crippen LogP contribution in [-0.2, 0) is 0 Å². The number of nitrogens with zero attached hydrogens (tertiary/aromatic N) is 4. The second-order valence-corrected chi connectivity index (χ2v) is 12.0. The van der Waals surface area contributed by atoms with Crippen LogP contribution in [-0.4, -0.2) is 71.5 Å². The second-order valence-electron chi connectivity index (χ2n) is 10.5. The zero-order valence-corrected chi connectivity index (χ0v) is 23.1. The third-order valence-corrected chi connectivity index (χ3v) is 8.69. The van der Waals surface area contributed by atoms with Gasteiger partial charge in [-0.25, -0.2) is 14.4 Å². The number of anilines is 1. The molecule has 2 saturated heterocycles. The van der Waals surface area contributed by atoms with Crippen molar-refractivity contribution in [3.05, 3.63) is 53.3 Å². The highest BCUT2D eigenvalue weighted by Gasteiger charge is 2.34. The Morgan fingerprint density at radius 2 is 1.87 bits per heavy atom. The topological polar surface area (TPSA) is 64.5 Å². The van der Waals surface area contributed by atoms with Gasteiger partial charge < -0.3 is 20.2 Å². The molecule has 2 aliphatic heterocycles. The lowest BCUT2D eigenvalue weighted by Crippen LogP contribution is -2.51. The van der Waals surface area contributed by atoms with Crippen molar-refractivity contribution in [2.75, 3.05) is 44.4 Å². The third kappa shape index (κ3) is 4.91. The van der Waals surface area contributed by atoms with Crippen molar-refractivity contribution >= 4 is 50.9 Å². The van der Waals surface area contributed by atoms with E-state index in [-0.39, 0.29) is 21.9 Å². The number of phenolic OH excluding ortho intramolecular Hbond substituents is 1. The van der Waals surface area contributed by atoms with Gasteiger partial charge in [-0.15, -0.1) is 0 Å². The maximum atomic E-state index is 16.6. The van der Waals surface area contributed by atoms with Crippen LogP contribution in [0.5, 0.6) is 5.75 Å². The van der Waals surface area contributed by atoms with E-state index in [0.717, 1.165) is 61.2 Å². The van der Waals surface area contributed by atoms with E-state index in [4.69, 9.17) is 21.6 Å². The average molecular weight is 552 g/mol. The predicted octanol–water partition coefficient (Wildman–Crippen LogP) is 5.93. The summed E-state index contributed by atoms with van der Waals surface area (Å²) >= 11 is 8.39. The van der Waals surface area contributed by atoms with Gasteiger partial charge in [0.2, 0.25) is 0 Å². The minimum Gasteiger partial charge on any atom is -0.508 e. The van der Waals surface area contributed by atoms with Crippen molar-refractivity contribution < 1.29 is 9.50 Å². The van der Waals surface area contributed by atoms with Crippen LogP contribution in [0.3, 0.4) is 0 Å². The molecule has 2 atom stereocenters. The summed E-state index contributed by atoms with van der Waals surface area (Å²) < 4.78 is 16.6. The van der Waals surface area contributed by atoms with Gasteiger partial charge in [-0.1, -0.05) is 47.6 Å². The number of fused-ring (bicyclic) bond motifs is 4. The fourth-order valence-corrected chi connectivity index (χ4v) is 6.78. The van der Waals surface area contributed by atoms with E-state index in [2.05, 4.69) is 29.2 Å². The molecule has 6 rings (SSSR count). The highest BCUT2D eigenvalue weighted by atomic mass is 35.5. The van der Waals surface area contributed by atoms with Gasteiger partial charge in [-0.3, -0.25) is 0 Å². The molecule has 0 radical (unpaired) electrons. The fraction of sp³-hybridized carbons (Fsp3) is 0.379. The molecule has 2 fully saturated rings. The molecule has 0 spiro atoms. The summed E-state index contributed by atoms with van der Waals surface area (Å²) in [5.74, 6) is 1.16. The number of hydrogen-bond donors (Lipinski definition) is 2. The summed E-state index contributed by atoms with van der Waals surface area (Å²) in [7, 11) is 4.11. The molecule has 0 aliphatic carbocycles. The molecule has 0 saturated carbocycles. The number of nitrogens with one attached hydrogen (secondary N) is 1. The van der Waals surface area contributed by atoms with Crippen LogP contribution in [0.25, 0.3) is 32.8 Å². The molecule has 6 nitrogen and oxygen atoms in total. The van der Waals surface area contributed by atoms with E-state index in [1.54, 1.807) is 30.0 Å². The third-order valence-electron chi connectivity index (χ3n) is 7.46. The lowest BCUT2D eigenvalue weighted by molar-refractivity contribution is 0.410. The first-order valence-corrected chi connectivity index (χ1v) is 14.4. The quantitative estimate of drug-likeness (QED) is 0.168. The van der Waals surface area contributed by atoms with Crippen molar-refractivity contribution in [3.63, 3.8) is 0 Å². The Morgan fingerprint density at radius 1 is 1.11 bits per heavy atom. The fourth-order valence-electron chi connectivity index (χ4n) is 5.73. The van der Waals surface area contributed by atoms with Gasteiger partial charge in [0.1, 0.15) is 17.1 Å². The van der Waals surface area contributed by atoms with Gasteiger partial charge in [0, 0.05) is 41.9 Å². The van der Waals surface area contributed by atoms with Crippen molar-refractivity contribution in [2.24, 2.45) is 0 Å². The smallest absolute Gasteiger partial charge is 0.190 e. The molecule has 3 aromatic carbocycles. The van der Waals surface area contributed by atoms with Gasteiger partial charge in [0.05, 0.1) is 5.02 Å². The van der Waals surface area contributed by atoms with Crippen LogP contribution >= 0.6 is 23.4 Å². The van der Waals surface area contributed by atoms with E-state index >= 15 is 4.39 Å². The van der Waals surface area contributed by atoms with Gasteiger partial charge in [-0.05, 0) is 74.4 Å². The molecule has 38 heavy (non-hydrogen) atoms. The van der Waals surface area contributed by atoms with Crippen LogP contribution < -0.4 is 10.2 Å². The SMILES string of the molecule is CN(C)CCCSc1nc(N2C[C@H]3CC[C@@H](C2)N3)c2cc(Cl)c(-c3cc(O)cc4ccccc34)c(F)c2n1. The number of aromatic hydroxyl groups is 1. The number of benzene rings is 3. The zero-order valence-electron chi connectivity index (χ0n) is 21.5. The summed E-state index contributed by atoms with van der Waals surface area (Å²) in [6.45, 7) is 2.62. The molecule has 0 amide bonds. The first-order valence-electron chi connectivity index (χ1n) is 13.1. The normalized spacial score (nSPS) is 19.2. The Labute approximate surface area is 231 Å². The molecule has 4 aromatic rings. The molecular weight excluding hydrogens is 521 g/mol. The van der Waals surface area contributed by atoms with Gasteiger partial charge >= 0.3 is 0 Å². The van der Waals surface area contributed by atoms with E-state index in [1.165, 1.54) is 0 Å². The molecule has 0 unspecified atom stereocenters. The van der Waals surface area contributed by atoms with Crippen LogP contribution in [0, 0.1) is 5.82 Å². The summed E-state index contributed by atoms with van der Waals surface area (Å²) in [6, 6.07) is 13.5. The number of phenols is 1. The van der Waals surface area contributed by atoms with Gasteiger partial charge in [0.15, 0.2) is 11.0 Å². The molecule has 2 bridgehead atoms. The summed E-state index contributed by atoms with van der Waals surface area (Å²) in [5.41, 5.74) is 1.06. The summed E-state index contributed by atoms with van der Waals surface area (Å²) in [5, 5.41) is 17.2. The highest BCUT2D eigenvalue weighted by Crippen LogP contribution is 2.43. The lowest BCUT2D eigenvalue weighted by Gasteiger charge is -2.34. The number of aromatic nitrogens is 2. The molecule has 9 heteroatoms. The molecule has 2 N–H and O–H groups in total. The Hall–Kier alpha value is -2.65. The minimum absolute atomic E-state index is 0.0612. The average Bonchev–Trinajstić information content (AvgIpc) is 3.23. The first kappa shape index (κ1) is 25.6. The second kappa shape index (κ2) is 10.5. The van der Waals surface area contributed by atoms with Crippen LogP contribution in [0.1, 0.15) is 19.3 Å². The zero-order chi connectivity index (χ0) is 26.4. The van der Waals surface area contributed by atoms with Gasteiger partial charge in [0.25, 0.3) is 0 Å². The van der Waals surface area contributed by atoms with Crippen LogP contribution in [0.4, 0.5) is 10.2 Å². The Morgan fingerprint density at radius 3 is 2.63 bits per heavy atom. The molecule has 198 valence electrons. The molecule has 1 aromatic heterocycles. The Kier molecular flexibility index (Phi) is 7.07. The molecule has 2 aliphatic rings. The maximum Gasteiger partial charge on any atom is 0.190 e. The van der Waals surface area contributed by atoms with Crippen LogP contribution in [0.15, 0.2) is 47.6 Å². The van der Waals surface area contributed by atoms with E-state index in [1.807, 2.05) is 24.3 Å². The monoisotopic (exact) mass is 551 g/mol. The van der Waals surface area contributed by atoms with Crippen LogP contribution in [0.2, 0.25) is 5.02 Å². The number of thioether (sulfide) groups is 1. The summed E-state index contributed by atoms with van der Waals surface area (Å²) in [4.78, 5) is 14.1. The van der Waals surface area contributed by atoms with Crippen molar-refractivity contribution in [2.45, 2.75) is 36.5 Å².